The molecule has 0 aliphatic carbocycles. The summed E-state index contributed by atoms with van der Waals surface area (Å²) in [6, 6.07) is 5.99. The maximum atomic E-state index is 11.9. The molecule has 0 radical (unpaired) electrons. The molecule has 31 heavy (non-hydrogen) atoms. The number of sulfone groups is 1. The number of unbranched alkanes of at least 4 members (excludes halogenated alkanes) is 1. The van der Waals surface area contributed by atoms with E-state index in [-0.39, 0.29) is 31.0 Å². The molecule has 0 heterocycles. The highest BCUT2D eigenvalue weighted by Gasteiger charge is 2.16. The van der Waals surface area contributed by atoms with Crippen molar-refractivity contribution in [3.63, 3.8) is 0 Å². The fourth-order valence-corrected chi connectivity index (χ4v) is 4.12. The van der Waals surface area contributed by atoms with E-state index in [1.807, 2.05) is 0 Å². The van der Waals surface area contributed by atoms with Gasteiger partial charge in [0.05, 0.1) is 17.3 Å². The number of aliphatic carboxylic acids is 1. The molecular formula is C20H31NO8S2. The van der Waals surface area contributed by atoms with Gasteiger partial charge in [0.15, 0.2) is 9.84 Å². The molecule has 0 saturated carbocycles. The average molecular weight is 478 g/mol. The number of aliphatic hydroxyl groups is 1. The second kappa shape index (κ2) is 12.8. The summed E-state index contributed by atoms with van der Waals surface area (Å²) in [5, 5.41) is 18.7. The van der Waals surface area contributed by atoms with Crippen LogP contribution in [0.15, 0.2) is 41.3 Å². The zero-order valence-electron chi connectivity index (χ0n) is 17.8. The van der Waals surface area contributed by atoms with E-state index in [1.165, 1.54) is 16.4 Å². The molecule has 1 unspecified atom stereocenters. The Kier molecular flexibility index (Phi) is 11.2. The average Bonchev–Trinajstić information content (AvgIpc) is 2.66. The first-order valence-electron chi connectivity index (χ1n) is 9.82. The Morgan fingerprint density at radius 1 is 1.16 bits per heavy atom. The zero-order chi connectivity index (χ0) is 23.5. The maximum absolute atomic E-state index is 11.9. The van der Waals surface area contributed by atoms with Crippen molar-refractivity contribution in [2.24, 2.45) is 0 Å². The molecule has 0 aliphatic heterocycles. The van der Waals surface area contributed by atoms with Crippen LogP contribution < -0.4 is 4.74 Å². The number of hydrogen-bond donors (Lipinski definition) is 2. The molecule has 0 saturated heterocycles. The van der Waals surface area contributed by atoms with Crippen LogP contribution in [0.4, 0.5) is 0 Å². The number of ether oxygens (including phenoxy) is 1. The summed E-state index contributed by atoms with van der Waals surface area (Å²) in [7, 11) is -6.78. The van der Waals surface area contributed by atoms with Crippen LogP contribution in [-0.4, -0.2) is 75.6 Å². The van der Waals surface area contributed by atoms with Crippen molar-refractivity contribution in [3.05, 3.63) is 36.4 Å². The lowest BCUT2D eigenvalue weighted by atomic mass is 10.2. The molecule has 0 fully saturated rings. The van der Waals surface area contributed by atoms with Gasteiger partial charge in [-0.05, 0) is 43.9 Å². The Labute approximate surface area is 184 Å². The Morgan fingerprint density at radius 2 is 1.87 bits per heavy atom. The van der Waals surface area contributed by atoms with Crippen molar-refractivity contribution in [2.75, 3.05) is 32.2 Å². The van der Waals surface area contributed by atoms with Gasteiger partial charge in [0.2, 0.25) is 10.0 Å². The number of carboxylic acids is 1. The molecule has 1 aromatic rings. The van der Waals surface area contributed by atoms with Crippen molar-refractivity contribution < 1.29 is 36.6 Å². The SMILES string of the molecule is CS(=O)(=O)c1cccc(OCC(O)CCCN(C/C=C\CCCC(=O)O)S(C)(=O)=O)c1. The minimum atomic E-state index is -3.42. The van der Waals surface area contributed by atoms with Gasteiger partial charge < -0.3 is 14.9 Å². The van der Waals surface area contributed by atoms with Crippen molar-refractivity contribution in [1.29, 1.82) is 0 Å². The topological polar surface area (TPSA) is 138 Å². The van der Waals surface area contributed by atoms with E-state index in [0.717, 1.165) is 12.5 Å². The molecule has 176 valence electrons. The van der Waals surface area contributed by atoms with Crippen LogP contribution >= 0.6 is 0 Å². The molecular weight excluding hydrogens is 446 g/mol. The Morgan fingerprint density at radius 3 is 2.48 bits per heavy atom. The largest absolute Gasteiger partial charge is 0.491 e. The lowest BCUT2D eigenvalue weighted by molar-refractivity contribution is -0.137. The molecule has 2 N–H and O–H groups in total. The van der Waals surface area contributed by atoms with Gasteiger partial charge in [0.1, 0.15) is 12.4 Å². The number of sulfonamides is 1. The van der Waals surface area contributed by atoms with Gasteiger partial charge in [0, 0.05) is 25.8 Å². The van der Waals surface area contributed by atoms with Crippen LogP contribution in [0.3, 0.4) is 0 Å². The van der Waals surface area contributed by atoms with Gasteiger partial charge >= 0.3 is 5.97 Å². The molecule has 9 nitrogen and oxygen atoms in total. The van der Waals surface area contributed by atoms with Crippen LogP contribution in [0.25, 0.3) is 0 Å². The minimum Gasteiger partial charge on any atom is -0.491 e. The van der Waals surface area contributed by atoms with E-state index in [0.29, 0.717) is 31.4 Å². The minimum absolute atomic E-state index is 0.0461. The third-order valence-electron chi connectivity index (χ3n) is 4.33. The van der Waals surface area contributed by atoms with Gasteiger partial charge in [-0.25, -0.2) is 16.8 Å². The number of nitrogens with zero attached hydrogens (tertiary/aromatic N) is 1. The van der Waals surface area contributed by atoms with Gasteiger partial charge in [-0.1, -0.05) is 18.2 Å². The monoisotopic (exact) mass is 477 g/mol. The highest BCUT2D eigenvalue weighted by Crippen LogP contribution is 2.18. The van der Waals surface area contributed by atoms with Crippen molar-refractivity contribution in [3.8, 4) is 5.75 Å². The first-order chi connectivity index (χ1) is 14.4. The highest BCUT2D eigenvalue weighted by atomic mass is 32.2. The van der Waals surface area contributed by atoms with E-state index < -0.39 is 31.9 Å². The molecule has 0 bridgehead atoms. The second-order valence-corrected chi connectivity index (χ2v) is 11.2. The van der Waals surface area contributed by atoms with E-state index >= 15 is 0 Å². The lowest BCUT2D eigenvalue weighted by Gasteiger charge is -2.19. The summed E-state index contributed by atoms with van der Waals surface area (Å²) in [5.74, 6) is -0.537. The van der Waals surface area contributed by atoms with E-state index in [2.05, 4.69) is 0 Å². The normalized spacial score (nSPS) is 13.5. The first kappa shape index (κ1) is 27.1. The number of carbonyl (C=O) groups is 1. The van der Waals surface area contributed by atoms with E-state index in [4.69, 9.17) is 9.84 Å². The van der Waals surface area contributed by atoms with E-state index in [1.54, 1.807) is 24.3 Å². The summed E-state index contributed by atoms with van der Waals surface area (Å²) in [6.07, 6.45) is 6.65. The maximum Gasteiger partial charge on any atom is 0.303 e. The molecule has 1 atom stereocenters. The van der Waals surface area contributed by atoms with Crippen molar-refractivity contribution in [1.82, 2.24) is 4.31 Å². The summed E-state index contributed by atoms with van der Waals surface area (Å²) in [4.78, 5) is 10.6. The first-order valence-corrected chi connectivity index (χ1v) is 13.6. The standard InChI is InChI=1S/C20H31NO8S2/c1-30(25,26)19-11-7-10-18(15-19)29-16-17(22)9-8-14-21(31(2,27)28)13-6-4-3-5-12-20(23)24/h4,6-7,10-11,15,17,22H,3,5,8-9,12-14,16H2,1-2H3,(H,23,24)/b6-4-. The predicted octanol–water partition coefficient (Wildman–Crippen LogP) is 1.68. The zero-order valence-corrected chi connectivity index (χ0v) is 19.4. The van der Waals surface area contributed by atoms with Crippen LogP contribution in [0, 0.1) is 0 Å². The highest BCUT2D eigenvalue weighted by molar-refractivity contribution is 7.90. The predicted molar refractivity (Wildman–Crippen MR) is 117 cm³/mol. The molecule has 1 aromatic carbocycles. The number of benzene rings is 1. The number of allylic oxidation sites excluding steroid dienone is 1. The second-order valence-electron chi connectivity index (χ2n) is 7.23. The van der Waals surface area contributed by atoms with Gasteiger partial charge in [-0.2, -0.15) is 4.31 Å². The van der Waals surface area contributed by atoms with Gasteiger partial charge in [0.25, 0.3) is 0 Å². The number of rotatable bonds is 15. The smallest absolute Gasteiger partial charge is 0.303 e. The molecule has 0 spiro atoms. The van der Waals surface area contributed by atoms with E-state index in [9.17, 15) is 26.7 Å². The van der Waals surface area contributed by atoms with Crippen molar-refractivity contribution >= 4 is 25.8 Å². The summed E-state index contributed by atoms with van der Waals surface area (Å²) < 4.78 is 53.7. The number of aliphatic hydroxyl groups excluding tert-OH is 1. The number of carboxylic acid groups (broad SMARTS) is 1. The summed E-state index contributed by atoms with van der Waals surface area (Å²) in [6.45, 7) is 0.352. The van der Waals surface area contributed by atoms with Crippen LogP contribution in [0.2, 0.25) is 0 Å². The molecule has 1 rings (SSSR count). The Balaban J connectivity index is 2.44. The molecule has 0 amide bonds. The Bertz CT molecular complexity index is 942. The van der Waals surface area contributed by atoms with Gasteiger partial charge in [-0.3, -0.25) is 4.79 Å². The van der Waals surface area contributed by atoms with Gasteiger partial charge in [-0.15, -0.1) is 0 Å². The molecule has 11 heteroatoms. The Hall–Kier alpha value is -1.95. The number of hydrogen-bond acceptors (Lipinski definition) is 7. The fraction of sp³-hybridized carbons (Fsp3) is 0.550. The van der Waals surface area contributed by atoms with Crippen molar-refractivity contribution in [2.45, 2.75) is 43.1 Å². The van der Waals surface area contributed by atoms with Crippen LogP contribution in [-0.2, 0) is 24.7 Å². The summed E-state index contributed by atoms with van der Waals surface area (Å²) >= 11 is 0. The van der Waals surface area contributed by atoms with Crippen LogP contribution in [0.5, 0.6) is 5.75 Å². The quantitative estimate of drug-likeness (QED) is 0.287. The lowest BCUT2D eigenvalue weighted by Crippen LogP contribution is -2.32. The third-order valence-corrected chi connectivity index (χ3v) is 6.71. The molecule has 0 aromatic heterocycles. The van der Waals surface area contributed by atoms with Crippen LogP contribution in [0.1, 0.15) is 32.1 Å². The third kappa shape index (κ3) is 11.9. The fourth-order valence-electron chi connectivity index (χ4n) is 2.65. The summed E-state index contributed by atoms with van der Waals surface area (Å²) in [5.41, 5.74) is 0. The molecule has 0 aliphatic rings.